The van der Waals surface area contributed by atoms with Crippen molar-refractivity contribution < 1.29 is 19.2 Å². The van der Waals surface area contributed by atoms with Gasteiger partial charge in [-0.1, -0.05) is 79.1 Å². The zero-order valence-corrected chi connectivity index (χ0v) is 29.6. The van der Waals surface area contributed by atoms with Crippen LogP contribution in [0, 0.1) is 11.8 Å². The van der Waals surface area contributed by atoms with Gasteiger partial charge in [0, 0.05) is 56.1 Å². The summed E-state index contributed by atoms with van der Waals surface area (Å²) in [6.45, 7) is 11.3. The van der Waals surface area contributed by atoms with Gasteiger partial charge in [0.1, 0.15) is 0 Å². The molecule has 0 aromatic heterocycles. The molecule has 2 saturated heterocycles. The number of carbonyl (C=O) groups excluding carboxylic acids is 4. The summed E-state index contributed by atoms with van der Waals surface area (Å²) in [5.74, 6) is 0.843. The summed E-state index contributed by atoms with van der Waals surface area (Å²) in [7, 11) is 0. The number of nitrogens with zero attached hydrogens (tertiary/aromatic N) is 3. The predicted octanol–water partition coefficient (Wildman–Crippen LogP) is 6.07. The Hall–Kier alpha value is -2.45. The summed E-state index contributed by atoms with van der Waals surface area (Å²) in [4.78, 5) is 53.6. The summed E-state index contributed by atoms with van der Waals surface area (Å²) < 4.78 is 0. The topological polar surface area (TPSA) is 137 Å². The Labute approximate surface area is 279 Å². The lowest BCUT2D eigenvalue weighted by Gasteiger charge is -2.34. The molecule has 2 atom stereocenters. The highest BCUT2D eigenvalue weighted by atomic mass is 16.2. The van der Waals surface area contributed by atoms with Crippen molar-refractivity contribution in [1.29, 1.82) is 0 Å². The number of urea groups is 1. The molecule has 2 saturated carbocycles. The van der Waals surface area contributed by atoms with E-state index in [0.717, 1.165) is 90.4 Å². The lowest BCUT2D eigenvalue weighted by atomic mass is 10.0. The van der Waals surface area contributed by atoms with Crippen LogP contribution in [0.25, 0.3) is 0 Å². The minimum Gasteiger partial charge on any atom is -0.342 e. The normalized spacial score (nSPS) is 21.8. The highest BCUT2D eigenvalue weighted by Crippen LogP contribution is 2.20. The third kappa shape index (κ3) is 15.4. The molecule has 10 nitrogen and oxygen atoms in total. The second-order valence-electron chi connectivity index (χ2n) is 14.1. The third-order valence-electron chi connectivity index (χ3n) is 10.3. The molecule has 0 radical (unpaired) electrons. The monoisotopic (exact) mass is 647 g/mol. The molecule has 4 fully saturated rings. The summed E-state index contributed by atoms with van der Waals surface area (Å²) in [6, 6.07) is 1.11. The summed E-state index contributed by atoms with van der Waals surface area (Å²) >= 11 is 0. The number of carbonyl (C=O) groups is 3. The number of isocyanates is 1. The van der Waals surface area contributed by atoms with Crippen molar-refractivity contribution in [3.05, 3.63) is 0 Å². The zero-order chi connectivity index (χ0) is 33.7. The first-order valence-electron chi connectivity index (χ1n) is 18.6. The van der Waals surface area contributed by atoms with Gasteiger partial charge in [-0.25, -0.2) is 14.6 Å². The van der Waals surface area contributed by atoms with Gasteiger partial charge in [0.15, 0.2) is 0 Å². The largest absolute Gasteiger partial charge is 0.342 e. The third-order valence-corrected chi connectivity index (χ3v) is 10.3. The first-order chi connectivity index (χ1) is 22.2. The number of likely N-dealkylation sites (tertiary alicyclic amines) is 2. The van der Waals surface area contributed by atoms with Gasteiger partial charge in [-0.05, 0) is 64.2 Å². The van der Waals surface area contributed by atoms with Crippen molar-refractivity contribution >= 4 is 23.9 Å². The first kappa shape index (κ1) is 39.7. The average molecular weight is 647 g/mol. The number of rotatable bonds is 7. The maximum absolute atomic E-state index is 12.2. The number of hydrogen-bond acceptors (Lipinski definition) is 6. The molecule has 0 aromatic carbocycles. The second kappa shape index (κ2) is 23.0. The number of aliphatic imine (C=N–C) groups is 1. The SMILES string of the molecule is CCC(C)C(=O)N1CCC(N)CC1.CCC(C)C(=O)N1CCC(NC(=O)NC2CCCCCC2)CC1.O=C=NC1CCCCCC1. The van der Waals surface area contributed by atoms with E-state index in [-0.39, 0.29) is 29.8 Å². The smallest absolute Gasteiger partial charge is 0.315 e. The van der Waals surface area contributed by atoms with Gasteiger partial charge < -0.3 is 26.2 Å². The summed E-state index contributed by atoms with van der Waals surface area (Å²) in [5, 5.41) is 6.24. The Balaban J connectivity index is 0.000000269. The maximum atomic E-state index is 12.2. The van der Waals surface area contributed by atoms with Gasteiger partial charge in [0.2, 0.25) is 17.9 Å². The van der Waals surface area contributed by atoms with E-state index >= 15 is 0 Å². The van der Waals surface area contributed by atoms with Gasteiger partial charge in [-0.15, -0.1) is 0 Å². The molecule has 4 N–H and O–H groups in total. The lowest BCUT2D eigenvalue weighted by Crippen LogP contribution is -2.51. The van der Waals surface area contributed by atoms with E-state index in [1.165, 1.54) is 51.4 Å². The highest BCUT2D eigenvalue weighted by Gasteiger charge is 2.27. The molecule has 4 rings (SSSR count). The van der Waals surface area contributed by atoms with E-state index < -0.39 is 0 Å². The maximum Gasteiger partial charge on any atom is 0.315 e. The Bertz CT molecular complexity index is 909. The molecular formula is C36H66N6O4. The van der Waals surface area contributed by atoms with E-state index in [9.17, 15) is 19.2 Å². The van der Waals surface area contributed by atoms with Crippen LogP contribution in [-0.2, 0) is 14.4 Å². The van der Waals surface area contributed by atoms with Crippen LogP contribution >= 0.6 is 0 Å². The van der Waals surface area contributed by atoms with Gasteiger partial charge in [0.05, 0.1) is 6.04 Å². The summed E-state index contributed by atoms with van der Waals surface area (Å²) in [5.41, 5.74) is 5.77. The number of hydrogen-bond donors (Lipinski definition) is 3. The molecule has 10 heteroatoms. The second-order valence-corrected chi connectivity index (χ2v) is 14.1. The van der Waals surface area contributed by atoms with Crippen LogP contribution in [0.15, 0.2) is 4.99 Å². The van der Waals surface area contributed by atoms with Crippen LogP contribution in [0.5, 0.6) is 0 Å². The quantitative estimate of drug-likeness (QED) is 0.175. The van der Waals surface area contributed by atoms with Crippen LogP contribution in [-0.4, -0.2) is 84.1 Å². The molecule has 0 bridgehead atoms. The molecule has 2 unspecified atom stereocenters. The fourth-order valence-corrected chi connectivity index (χ4v) is 6.63. The molecule has 4 amide bonds. The molecule has 2 heterocycles. The van der Waals surface area contributed by atoms with Crippen LogP contribution in [0.1, 0.15) is 143 Å². The van der Waals surface area contributed by atoms with Crippen molar-refractivity contribution in [3.63, 3.8) is 0 Å². The van der Waals surface area contributed by atoms with Gasteiger partial charge in [-0.2, -0.15) is 0 Å². The van der Waals surface area contributed by atoms with E-state index in [4.69, 9.17) is 5.73 Å². The number of nitrogens with two attached hydrogens (primary N) is 1. The van der Waals surface area contributed by atoms with Crippen LogP contribution in [0.4, 0.5) is 4.79 Å². The lowest BCUT2D eigenvalue weighted by molar-refractivity contribution is -0.136. The van der Waals surface area contributed by atoms with E-state index in [1.807, 2.05) is 23.6 Å². The standard InChI is InChI=1S/C18H33N3O2.C10H20N2O.C8H13NO/c1-3-14(2)17(22)21-12-10-16(11-13-21)20-18(23)19-15-8-6-4-5-7-9-15;1-3-8(2)10(13)12-6-4-9(11)5-7-12;10-7-9-8-5-3-1-2-4-6-8/h14-16H,3-13H2,1-2H3,(H2,19,20,23);8-9H,3-7,11H2,1-2H3;8H,1-6H2. The van der Waals surface area contributed by atoms with Crippen molar-refractivity contribution in [1.82, 2.24) is 20.4 Å². The van der Waals surface area contributed by atoms with Crippen molar-refractivity contribution in [2.24, 2.45) is 22.6 Å². The van der Waals surface area contributed by atoms with Gasteiger partial charge in [0.25, 0.3) is 0 Å². The van der Waals surface area contributed by atoms with Crippen LogP contribution < -0.4 is 16.4 Å². The minimum absolute atomic E-state index is 0.0244. The van der Waals surface area contributed by atoms with E-state index in [2.05, 4.69) is 29.5 Å². The molecule has 2 aliphatic carbocycles. The summed E-state index contributed by atoms with van der Waals surface area (Å²) in [6.07, 6.45) is 21.6. The fraction of sp³-hybridized carbons (Fsp3) is 0.889. The van der Waals surface area contributed by atoms with Crippen LogP contribution in [0.3, 0.4) is 0 Å². The molecule has 4 aliphatic rings. The Morgan fingerprint density at radius 1 is 0.674 bits per heavy atom. The first-order valence-corrected chi connectivity index (χ1v) is 18.6. The average Bonchev–Trinajstić information content (AvgIpc) is 3.50. The van der Waals surface area contributed by atoms with Crippen molar-refractivity contribution in [2.75, 3.05) is 26.2 Å². The molecule has 264 valence electrons. The number of amides is 4. The Morgan fingerprint density at radius 2 is 1.07 bits per heavy atom. The zero-order valence-electron chi connectivity index (χ0n) is 29.6. The Morgan fingerprint density at radius 3 is 1.48 bits per heavy atom. The molecular weight excluding hydrogens is 580 g/mol. The highest BCUT2D eigenvalue weighted by molar-refractivity contribution is 5.79. The van der Waals surface area contributed by atoms with Crippen LogP contribution in [0.2, 0.25) is 0 Å². The van der Waals surface area contributed by atoms with E-state index in [0.29, 0.717) is 24.0 Å². The van der Waals surface area contributed by atoms with Crippen molar-refractivity contribution in [2.45, 2.75) is 167 Å². The molecule has 46 heavy (non-hydrogen) atoms. The van der Waals surface area contributed by atoms with Gasteiger partial charge in [-0.3, -0.25) is 9.59 Å². The number of piperidine rings is 2. The molecule has 0 spiro atoms. The predicted molar refractivity (Wildman–Crippen MR) is 185 cm³/mol. The Kier molecular flexibility index (Phi) is 19.8. The van der Waals surface area contributed by atoms with Crippen molar-refractivity contribution in [3.8, 4) is 0 Å². The van der Waals surface area contributed by atoms with E-state index in [1.54, 1.807) is 6.08 Å². The molecule has 2 aliphatic heterocycles. The molecule has 0 aromatic rings. The van der Waals surface area contributed by atoms with Gasteiger partial charge >= 0.3 is 6.03 Å². The number of nitrogens with one attached hydrogen (secondary N) is 2. The fourth-order valence-electron chi connectivity index (χ4n) is 6.63. The minimum atomic E-state index is -0.0244.